The molecule has 0 spiro atoms. The average molecular weight is 289 g/mol. The van der Waals surface area contributed by atoms with E-state index in [1.165, 1.54) is 49.7 Å². The summed E-state index contributed by atoms with van der Waals surface area (Å²) in [6.45, 7) is 4.17. The highest BCUT2D eigenvalue weighted by molar-refractivity contribution is 5.26. The molecule has 2 nitrogen and oxygen atoms in total. The molecule has 1 saturated carbocycles. The molecule has 1 atom stereocenters. The third-order valence-corrected chi connectivity index (χ3v) is 4.67. The van der Waals surface area contributed by atoms with Gasteiger partial charge in [0.1, 0.15) is 0 Å². The van der Waals surface area contributed by atoms with E-state index in [2.05, 4.69) is 36.5 Å². The Morgan fingerprint density at radius 3 is 2.48 bits per heavy atom. The minimum Gasteiger partial charge on any atom is -0.384 e. The Balaban J connectivity index is 2.04. The standard InChI is InChI=1S/C19H31NO/c1-3-14-20-19(17-7-5-4-6-8-17)18-11-9-16(10-12-18)13-15-21-2/h9-12,17,19-20H,3-8,13-15H2,1-2H3. The molecule has 1 aromatic rings. The van der Waals surface area contributed by atoms with Crippen LogP contribution in [0.15, 0.2) is 24.3 Å². The molecule has 0 bridgehead atoms. The van der Waals surface area contributed by atoms with Crippen LogP contribution in [0.25, 0.3) is 0 Å². The largest absolute Gasteiger partial charge is 0.384 e. The van der Waals surface area contributed by atoms with Gasteiger partial charge in [0.05, 0.1) is 6.61 Å². The summed E-state index contributed by atoms with van der Waals surface area (Å²) in [5.74, 6) is 0.815. The van der Waals surface area contributed by atoms with Gasteiger partial charge >= 0.3 is 0 Å². The minimum absolute atomic E-state index is 0.543. The van der Waals surface area contributed by atoms with E-state index in [1.54, 1.807) is 7.11 Å². The van der Waals surface area contributed by atoms with Crippen LogP contribution in [0.1, 0.15) is 62.6 Å². The minimum atomic E-state index is 0.543. The Hall–Kier alpha value is -0.860. The maximum atomic E-state index is 5.16. The van der Waals surface area contributed by atoms with Gasteiger partial charge in [-0.3, -0.25) is 0 Å². The summed E-state index contributed by atoms with van der Waals surface area (Å²) in [6, 6.07) is 9.75. The monoisotopic (exact) mass is 289 g/mol. The quantitative estimate of drug-likeness (QED) is 0.761. The van der Waals surface area contributed by atoms with Gasteiger partial charge in [-0.15, -0.1) is 0 Å². The zero-order valence-corrected chi connectivity index (χ0v) is 13.7. The fourth-order valence-electron chi connectivity index (χ4n) is 3.44. The van der Waals surface area contributed by atoms with Crippen LogP contribution in [0.5, 0.6) is 0 Å². The second-order valence-corrected chi connectivity index (χ2v) is 6.31. The van der Waals surface area contributed by atoms with Crippen molar-refractivity contribution < 1.29 is 4.74 Å². The predicted molar refractivity (Wildman–Crippen MR) is 89.6 cm³/mol. The van der Waals surface area contributed by atoms with Gasteiger partial charge in [0.15, 0.2) is 0 Å². The molecule has 0 heterocycles. The van der Waals surface area contributed by atoms with Crippen molar-refractivity contribution in [2.24, 2.45) is 5.92 Å². The zero-order valence-electron chi connectivity index (χ0n) is 13.7. The molecule has 1 unspecified atom stereocenters. The van der Waals surface area contributed by atoms with E-state index in [0.717, 1.165) is 25.5 Å². The number of nitrogens with one attached hydrogen (secondary N) is 1. The van der Waals surface area contributed by atoms with Crippen molar-refractivity contribution in [2.45, 2.75) is 57.9 Å². The molecule has 1 aliphatic rings. The van der Waals surface area contributed by atoms with Gasteiger partial charge in [0, 0.05) is 13.2 Å². The van der Waals surface area contributed by atoms with E-state index in [0.29, 0.717) is 6.04 Å². The summed E-state index contributed by atoms with van der Waals surface area (Å²) >= 11 is 0. The van der Waals surface area contributed by atoms with Gasteiger partial charge in [0.25, 0.3) is 0 Å². The van der Waals surface area contributed by atoms with Crippen LogP contribution in [0.3, 0.4) is 0 Å². The van der Waals surface area contributed by atoms with Crippen molar-refractivity contribution in [3.63, 3.8) is 0 Å². The van der Waals surface area contributed by atoms with Crippen LogP contribution >= 0.6 is 0 Å². The van der Waals surface area contributed by atoms with E-state index in [-0.39, 0.29) is 0 Å². The zero-order chi connectivity index (χ0) is 14.9. The summed E-state index contributed by atoms with van der Waals surface area (Å²) in [6.07, 6.45) is 9.21. The molecule has 0 aromatic heterocycles. The number of ether oxygens (including phenoxy) is 1. The van der Waals surface area contributed by atoms with Gasteiger partial charge < -0.3 is 10.1 Å². The van der Waals surface area contributed by atoms with E-state index >= 15 is 0 Å². The first-order valence-electron chi connectivity index (χ1n) is 8.66. The molecule has 1 aliphatic carbocycles. The van der Waals surface area contributed by atoms with E-state index in [4.69, 9.17) is 4.74 Å². The highest BCUT2D eigenvalue weighted by Crippen LogP contribution is 2.34. The molecule has 0 saturated heterocycles. The molecule has 21 heavy (non-hydrogen) atoms. The molecule has 0 amide bonds. The maximum absolute atomic E-state index is 5.16. The number of benzene rings is 1. The van der Waals surface area contributed by atoms with Gasteiger partial charge in [-0.2, -0.15) is 0 Å². The Bertz CT molecular complexity index is 381. The summed E-state index contributed by atoms with van der Waals surface area (Å²) in [4.78, 5) is 0. The number of rotatable bonds is 8. The number of methoxy groups -OCH3 is 1. The molecular weight excluding hydrogens is 258 g/mol. The SMILES string of the molecule is CCCNC(c1ccc(CCOC)cc1)C1CCCCC1. The van der Waals surface area contributed by atoms with E-state index in [9.17, 15) is 0 Å². The average Bonchev–Trinajstić information content (AvgIpc) is 2.55. The van der Waals surface area contributed by atoms with Crippen molar-refractivity contribution in [1.82, 2.24) is 5.32 Å². The fourth-order valence-corrected chi connectivity index (χ4v) is 3.44. The fraction of sp³-hybridized carbons (Fsp3) is 0.684. The molecule has 0 radical (unpaired) electrons. The van der Waals surface area contributed by atoms with Crippen LogP contribution < -0.4 is 5.32 Å². The van der Waals surface area contributed by atoms with Gasteiger partial charge in [-0.25, -0.2) is 0 Å². The Kier molecular flexibility index (Phi) is 7.25. The van der Waals surface area contributed by atoms with Crippen LogP contribution in [0, 0.1) is 5.92 Å². The smallest absolute Gasteiger partial charge is 0.0502 e. The molecule has 2 heteroatoms. The van der Waals surface area contributed by atoms with Gasteiger partial charge in [0.2, 0.25) is 0 Å². The van der Waals surface area contributed by atoms with Crippen molar-refractivity contribution >= 4 is 0 Å². The lowest BCUT2D eigenvalue weighted by molar-refractivity contribution is 0.202. The third-order valence-electron chi connectivity index (χ3n) is 4.67. The third kappa shape index (κ3) is 5.12. The highest BCUT2D eigenvalue weighted by atomic mass is 16.5. The lowest BCUT2D eigenvalue weighted by atomic mass is 9.81. The Morgan fingerprint density at radius 1 is 1.14 bits per heavy atom. The lowest BCUT2D eigenvalue weighted by Gasteiger charge is -2.31. The molecule has 1 fully saturated rings. The maximum Gasteiger partial charge on any atom is 0.0502 e. The normalized spacial score (nSPS) is 17.8. The summed E-state index contributed by atoms with van der Waals surface area (Å²) < 4.78 is 5.16. The van der Waals surface area contributed by atoms with E-state index < -0.39 is 0 Å². The molecule has 0 aliphatic heterocycles. The van der Waals surface area contributed by atoms with Gasteiger partial charge in [-0.05, 0) is 49.3 Å². The van der Waals surface area contributed by atoms with Crippen LogP contribution in [0.4, 0.5) is 0 Å². The molecule has 2 rings (SSSR count). The Morgan fingerprint density at radius 2 is 1.86 bits per heavy atom. The Labute approximate surface area is 130 Å². The topological polar surface area (TPSA) is 21.3 Å². The molecule has 1 aromatic carbocycles. The second-order valence-electron chi connectivity index (χ2n) is 6.31. The van der Waals surface area contributed by atoms with Gasteiger partial charge in [-0.1, -0.05) is 50.5 Å². The van der Waals surface area contributed by atoms with Crippen LogP contribution in [-0.2, 0) is 11.2 Å². The predicted octanol–water partition coefficient (Wildman–Crippen LogP) is 4.50. The summed E-state index contributed by atoms with van der Waals surface area (Å²) in [7, 11) is 1.77. The first kappa shape index (κ1) is 16.5. The summed E-state index contributed by atoms with van der Waals surface area (Å²) in [5.41, 5.74) is 2.84. The number of hydrogen-bond donors (Lipinski definition) is 1. The van der Waals surface area contributed by atoms with Crippen LogP contribution in [0.2, 0.25) is 0 Å². The summed E-state index contributed by atoms with van der Waals surface area (Å²) in [5, 5.41) is 3.79. The highest BCUT2D eigenvalue weighted by Gasteiger charge is 2.24. The van der Waals surface area contributed by atoms with Crippen molar-refractivity contribution in [1.29, 1.82) is 0 Å². The number of hydrogen-bond acceptors (Lipinski definition) is 2. The van der Waals surface area contributed by atoms with Crippen molar-refractivity contribution in [3.05, 3.63) is 35.4 Å². The molecular formula is C19H31NO. The van der Waals surface area contributed by atoms with Crippen molar-refractivity contribution in [3.8, 4) is 0 Å². The van der Waals surface area contributed by atoms with Crippen molar-refractivity contribution in [2.75, 3.05) is 20.3 Å². The molecule has 118 valence electrons. The van der Waals surface area contributed by atoms with E-state index in [1.807, 2.05) is 0 Å². The first-order chi connectivity index (χ1) is 10.3. The molecule has 1 N–H and O–H groups in total. The second kappa shape index (κ2) is 9.22. The first-order valence-corrected chi connectivity index (χ1v) is 8.66. The van der Waals surface area contributed by atoms with Crippen LogP contribution in [-0.4, -0.2) is 20.3 Å². The lowest BCUT2D eigenvalue weighted by Crippen LogP contribution is -2.30.